The molecule has 1 amide bonds. The maximum absolute atomic E-state index is 12.6. The fourth-order valence-corrected chi connectivity index (χ4v) is 3.81. The summed E-state index contributed by atoms with van der Waals surface area (Å²) in [6.07, 6.45) is 6.23. The van der Waals surface area contributed by atoms with E-state index in [-0.39, 0.29) is 11.7 Å². The lowest BCUT2D eigenvalue weighted by atomic mass is 10.3. The SMILES string of the molecule is COCCN(Cc1ccco1)C(=O)CSc1nnnn1C1CCCC1. The summed E-state index contributed by atoms with van der Waals surface area (Å²) in [6.45, 7) is 1.43. The minimum absolute atomic E-state index is 0.0134. The van der Waals surface area contributed by atoms with E-state index in [9.17, 15) is 4.79 Å². The Hall–Kier alpha value is -1.87. The third-order valence-electron chi connectivity index (χ3n) is 4.30. The molecular weight excluding hydrogens is 342 g/mol. The van der Waals surface area contributed by atoms with E-state index >= 15 is 0 Å². The quantitative estimate of drug-likeness (QED) is 0.629. The topological polar surface area (TPSA) is 86.3 Å². The van der Waals surface area contributed by atoms with Crippen molar-refractivity contribution >= 4 is 17.7 Å². The van der Waals surface area contributed by atoms with E-state index in [1.54, 1.807) is 18.3 Å². The molecule has 2 aromatic heterocycles. The molecule has 0 atom stereocenters. The van der Waals surface area contributed by atoms with Gasteiger partial charge in [0, 0.05) is 13.7 Å². The van der Waals surface area contributed by atoms with Gasteiger partial charge >= 0.3 is 0 Å². The first kappa shape index (κ1) is 17.9. The van der Waals surface area contributed by atoms with Gasteiger partial charge in [-0.25, -0.2) is 4.68 Å². The van der Waals surface area contributed by atoms with Crippen molar-refractivity contribution in [3.8, 4) is 0 Å². The third-order valence-corrected chi connectivity index (χ3v) is 5.22. The highest BCUT2D eigenvalue weighted by molar-refractivity contribution is 7.99. The van der Waals surface area contributed by atoms with E-state index in [0.29, 0.717) is 30.9 Å². The van der Waals surface area contributed by atoms with Crippen LogP contribution in [0.5, 0.6) is 0 Å². The van der Waals surface area contributed by atoms with Gasteiger partial charge in [-0.05, 0) is 35.4 Å². The van der Waals surface area contributed by atoms with Crippen LogP contribution in [-0.2, 0) is 16.1 Å². The number of ether oxygens (including phenoxy) is 1. The molecule has 0 spiro atoms. The lowest BCUT2D eigenvalue weighted by molar-refractivity contribution is -0.129. The van der Waals surface area contributed by atoms with Crippen molar-refractivity contribution in [2.45, 2.75) is 43.4 Å². The summed E-state index contributed by atoms with van der Waals surface area (Å²) in [6, 6.07) is 4.04. The molecule has 0 N–H and O–H groups in total. The van der Waals surface area contributed by atoms with E-state index < -0.39 is 0 Å². The molecule has 3 rings (SSSR count). The zero-order valence-corrected chi connectivity index (χ0v) is 15.2. The van der Waals surface area contributed by atoms with Crippen molar-refractivity contribution in [2.75, 3.05) is 26.0 Å². The van der Waals surface area contributed by atoms with E-state index in [0.717, 1.165) is 18.6 Å². The van der Waals surface area contributed by atoms with Crippen molar-refractivity contribution in [1.29, 1.82) is 0 Å². The van der Waals surface area contributed by atoms with E-state index in [2.05, 4.69) is 15.5 Å². The predicted octanol–water partition coefficient (Wildman–Crippen LogP) is 2.15. The molecule has 1 aliphatic rings. The monoisotopic (exact) mass is 365 g/mol. The highest BCUT2D eigenvalue weighted by Crippen LogP contribution is 2.31. The third kappa shape index (κ3) is 4.82. The number of methoxy groups -OCH3 is 1. The number of carbonyl (C=O) groups excluding carboxylic acids is 1. The fourth-order valence-electron chi connectivity index (χ4n) is 2.96. The number of hydrogen-bond acceptors (Lipinski definition) is 7. The van der Waals surface area contributed by atoms with Crippen molar-refractivity contribution in [1.82, 2.24) is 25.1 Å². The summed E-state index contributed by atoms with van der Waals surface area (Å²) in [5, 5.41) is 12.7. The Morgan fingerprint density at radius 3 is 3.04 bits per heavy atom. The van der Waals surface area contributed by atoms with E-state index in [4.69, 9.17) is 9.15 Å². The van der Waals surface area contributed by atoms with Gasteiger partial charge in [0.25, 0.3) is 0 Å². The van der Waals surface area contributed by atoms with Crippen molar-refractivity contribution in [3.05, 3.63) is 24.2 Å². The summed E-state index contributed by atoms with van der Waals surface area (Å²) >= 11 is 1.39. The number of hydrogen-bond donors (Lipinski definition) is 0. The molecule has 0 aliphatic heterocycles. The number of carbonyl (C=O) groups is 1. The van der Waals surface area contributed by atoms with Crippen LogP contribution in [0.2, 0.25) is 0 Å². The molecule has 9 heteroatoms. The Balaban J connectivity index is 1.58. The lowest BCUT2D eigenvalue weighted by Gasteiger charge is -2.21. The summed E-state index contributed by atoms with van der Waals surface area (Å²) in [4.78, 5) is 14.4. The standard InChI is InChI=1S/C16H23N5O3S/c1-23-10-8-20(11-14-7-4-9-24-14)15(22)12-25-16-17-18-19-21(16)13-5-2-3-6-13/h4,7,9,13H,2-3,5-6,8,10-12H2,1H3. The molecule has 2 heterocycles. The first-order chi connectivity index (χ1) is 12.3. The molecule has 0 saturated heterocycles. The molecule has 25 heavy (non-hydrogen) atoms. The Kier molecular flexibility index (Phi) is 6.46. The van der Waals surface area contributed by atoms with Crippen molar-refractivity contribution in [2.24, 2.45) is 0 Å². The molecule has 0 unspecified atom stereocenters. The number of tetrazole rings is 1. The van der Waals surface area contributed by atoms with Crippen LogP contribution < -0.4 is 0 Å². The van der Waals surface area contributed by atoms with Crippen LogP contribution in [0.1, 0.15) is 37.5 Å². The smallest absolute Gasteiger partial charge is 0.233 e. The first-order valence-corrected chi connectivity index (χ1v) is 9.46. The van der Waals surface area contributed by atoms with Gasteiger partial charge in [-0.2, -0.15) is 0 Å². The summed E-state index contributed by atoms with van der Waals surface area (Å²) in [5.74, 6) is 1.06. The second kappa shape index (κ2) is 9.00. The molecule has 8 nitrogen and oxygen atoms in total. The molecule has 0 aromatic carbocycles. The van der Waals surface area contributed by atoms with Crippen LogP contribution in [0, 0.1) is 0 Å². The predicted molar refractivity (Wildman–Crippen MR) is 92.0 cm³/mol. The van der Waals surface area contributed by atoms with Gasteiger partial charge in [0.15, 0.2) is 0 Å². The normalized spacial score (nSPS) is 14.9. The molecule has 0 radical (unpaired) electrons. The molecule has 0 bridgehead atoms. The summed E-state index contributed by atoms with van der Waals surface area (Å²) in [7, 11) is 1.63. The van der Waals surface area contributed by atoms with E-state index in [1.807, 2.05) is 16.8 Å². The fraction of sp³-hybridized carbons (Fsp3) is 0.625. The van der Waals surface area contributed by atoms with Crippen LogP contribution in [0.25, 0.3) is 0 Å². The number of amides is 1. The molecule has 2 aromatic rings. The largest absolute Gasteiger partial charge is 0.467 e. The van der Waals surface area contributed by atoms with Gasteiger partial charge in [-0.3, -0.25) is 4.79 Å². The number of aromatic nitrogens is 4. The zero-order valence-electron chi connectivity index (χ0n) is 14.3. The molecule has 1 saturated carbocycles. The Bertz CT molecular complexity index is 655. The van der Waals surface area contributed by atoms with E-state index in [1.165, 1.54) is 24.6 Å². The molecule has 1 fully saturated rings. The van der Waals surface area contributed by atoms with Gasteiger partial charge in [0.05, 0.1) is 31.2 Å². The number of furan rings is 1. The van der Waals surface area contributed by atoms with Gasteiger partial charge < -0.3 is 14.1 Å². The summed E-state index contributed by atoms with van der Waals surface area (Å²) in [5.41, 5.74) is 0. The first-order valence-electron chi connectivity index (χ1n) is 8.47. The highest BCUT2D eigenvalue weighted by atomic mass is 32.2. The Morgan fingerprint density at radius 1 is 1.48 bits per heavy atom. The van der Waals surface area contributed by atoms with Gasteiger partial charge in [-0.1, -0.05) is 24.6 Å². The van der Waals surface area contributed by atoms with Gasteiger partial charge in [0.2, 0.25) is 11.1 Å². The average molecular weight is 365 g/mol. The molecular formula is C16H23N5O3S. The Labute approximate surface area is 150 Å². The van der Waals surface area contributed by atoms with Crippen LogP contribution in [0.3, 0.4) is 0 Å². The zero-order chi connectivity index (χ0) is 17.5. The number of nitrogens with zero attached hydrogens (tertiary/aromatic N) is 5. The van der Waals surface area contributed by atoms with Crippen molar-refractivity contribution in [3.63, 3.8) is 0 Å². The van der Waals surface area contributed by atoms with Crippen LogP contribution in [-0.4, -0.2) is 57.0 Å². The second-order valence-corrected chi connectivity index (χ2v) is 6.96. The van der Waals surface area contributed by atoms with Crippen molar-refractivity contribution < 1.29 is 13.9 Å². The second-order valence-electron chi connectivity index (χ2n) is 6.02. The number of rotatable bonds is 9. The molecule has 1 aliphatic carbocycles. The molecule has 136 valence electrons. The number of thioether (sulfide) groups is 1. The maximum atomic E-state index is 12.6. The highest BCUT2D eigenvalue weighted by Gasteiger charge is 2.23. The Morgan fingerprint density at radius 2 is 2.32 bits per heavy atom. The van der Waals surface area contributed by atoms with Gasteiger partial charge in [0.1, 0.15) is 5.76 Å². The van der Waals surface area contributed by atoms with Crippen LogP contribution in [0.15, 0.2) is 28.0 Å². The van der Waals surface area contributed by atoms with Crippen LogP contribution >= 0.6 is 11.8 Å². The summed E-state index contributed by atoms with van der Waals surface area (Å²) < 4.78 is 12.3. The lowest BCUT2D eigenvalue weighted by Crippen LogP contribution is -2.34. The minimum atomic E-state index is 0.0134. The van der Waals surface area contributed by atoms with Gasteiger partial charge in [-0.15, -0.1) is 5.10 Å². The average Bonchev–Trinajstić information content (AvgIpc) is 3.38. The maximum Gasteiger partial charge on any atom is 0.233 e. The van der Waals surface area contributed by atoms with Crippen LogP contribution in [0.4, 0.5) is 0 Å². The minimum Gasteiger partial charge on any atom is -0.467 e.